The number of aromatic amines is 1. The van der Waals surface area contributed by atoms with Gasteiger partial charge in [0.25, 0.3) is 11.5 Å². The molecule has 0 fully saturated rings. The number of nitrogens with one attached hydrogen (secondary N) is 2. The second-order valence-electron chi connectivity index (χ2n) is 7.00. The molecule has 11 heteroatoms. The van der Waals surface area contributed by atoms with Crippen LogP contribution in [0.25, 0.3) is 16.5 Å². The number of furan rings is 1. The van der Waals surface area contributed by atoms with Crippen molar-refractivity contribution in [3.05, 3.63) is 68.6 Å². The Morgan fingerprint density at radius 1 is 1.16 bits per heavy atom. The minimum Gasteiger partial charge on any atom is -0.452 e. The Bertz CT molecular complexity index is 1400. The largest absolute Gasteiger partial charge is 0.452 e. The van der Waals surface area contributed by atoms with Crippen molar-refractivity contribution >= 4 is 40.1 Å². The molecule has 0 unspecified atom stereocenters. The average molecular weight is 456 g/mol. The molecule has 164 valence electrons. The fourth-order valence-corrected chi connectivity index (χ4v) is 3.72. The average Bonchev–Trinajstić information content (AvgIpc) is 3.26. The minimum absolute atomic E-state index is 0.0450. The first-order valence-corrected chi connectivity index (χ1v) is 9.91. The van der Waals surface area contributed by atoms with Crippen molar-refractivity contribution in [2.24, 2.45) is 0 Å². The summed E-state index contributed by atoms with van der Waals surface area (Å²) in [7, 11) is 0. The number of aryl methyl sites for hydroxylation is 3. The topological polar surface area (TPSA) is 132 Å². The fourth-order valence-electron chi connectivity index (χ4n) is 3.37. The lowest BCUT2D eigenvalue weighted by Crippen LogP contribution is -2.22. The van der Waals surface area contributed by atoms with Gasteiger partial charge in [0.1, 0.15) is 21.9 Å². The highest BCUT2D eigenvalue weighted by Crippen LogP contribution is 2.28. The Hall–Kier alpha value is -3.92. The molecule has 0 saturated carbocycles. The highest BCUT2D eigenvalue weighted by Gasteiger charge is 2.24. The molecule has 3 aromatic heterocycles. The van der Waals surface area contributed by atoms with E-state index in [9.17, 15) is 14.4 Å². The number of aromatic nitrogens is 4. The Morgan fingerprint density at radius 3 is 2.59 bits per heavy atom. The third-order valence-corrected chi connectivity index (χ3v) is 5.14. The van der Waals surface area contributed by atoms with Gasteiger partial charge in [0.2, 0.25) is 5.88 Å². The number of rotatable bonds is 5. The molecule has 0 aliphatic rings. The summed E-state index contributed by atoms with van der Waals surface area (Å²) in [5, 5.41) is 13.7. The first-order valence-electron chi connectivity index (χ1n) is 9.53. The molecule has 3 heterocycles. The highest BCUT2D eigenvalue weighted by atomic mass is 35.5. The summed E-state index contributed by atoms with van der Waals surface area (Å²) < 4.78 is 12.0. The zero-order valence-corrected chi connectivity index (χ0v) is 18.1. The van der Waals surface area contributed by atoms with Crippen LogP contribution in [0.4, 0.5) is 5.88 Å². The lowest BCUT2D eigenvalue weighted by molar-refractivity contribution is -0.119. The molecule has 0 spiro atoms. The van der Waals surface area contributed by atoms with E-state index in [1.807, 2.05) is 18.2 Å². The number of carbonyl (C=O) groups excluding carboxylic acids is 2. The van der Waals surface area contributed by atoms with E-state index in [0.29, 0.717) is 28.2 Å². The van der Waals surface area contributed by atoms with Crippen molar-refractivity contribution in [2.75, 3.05) is 11.9 Å². The van der Waals surface area contributed by atoms with E-state index in [2.05, 4.69) is 20.6 Å². The summed E-state index contributed by atoms with van der Waals surface area (Å²) in [5.41, 5.74) is 1.12. The maximum atomic E-state index is 12.6. The number of fused-ring (bicyclic) bond motifs is 1. The van der Waals surface area contributed by atoms with Crippen molar-refractivity contribution in [1.82, 2.24) is 20.0 Å². The number of benzene rings is 1. The predicted octanol–water partition coefficient (Wildman–Crippen LogP) is 3.08. The van der Waals surface area contributed by atoms with Gasteiger partial charge in [-0.2, -0.15) is 10.2 Å². The first-order chi connectivity index (χ1) is 15.3. The molecule has 0 saturated heterocycles. The predicted molar refractivity (Wildman–Crippen MR) is 116 cm³/mol. The molecule has 0 bridgehead atoms. The maximum absolute atomic E-state index is 12.6. The van der Waals surface area contributed by atoms with Gasteiger partial charge in [-0.1, -0.05) is 29.8 Å². The summed E-state index contributed by atoms with van der Waals surface area (Å²) in [6.45, 7) is 4.36. The minimum atomic E-state index is -0.803. The number of H-pyrrole nitrogens is 1. The van der Waals surface area contributed by atoms with Gasteiger partial charge in [0.15, 0.2) is 6.61 Å². The van der Waals surface area contributed by atoms with Crippen LogP contribution in [0.3, 0.4) is 0 Å². The van der Waals surface area contributed by atoms with E-state index in [1.54, 1.807) is 32.9 Å². The monoisotopic (exact) mass is 455 g/mol. The van der Waals surface area contributed by atoms with Gasteiger partial charge < -0.3 is 9.15 Å². The van der Waals surface area contributed by atoms with E-state index >= 15 is 0 Å². The van der Waals surface area contributed by atoms with E-state index in [1.165, 1.54) is 4.68 Å². The molecule has 32 heavy (non-hydrogen) atoms. The van der Waals surface area contributed by atoms with Crippen LogP contribution in [0.5, 0.6) is 0 Å². The molecule has 1 aromatic carbocycles. The Balaban J connectivity index is 1.50. The quantitative estimate of drug-likeness (QED) is 0.442. The summed E-state index contributed by atoms with van der Waals surface area (Å²) in [4.78, 5) is 37.1. The molecule has 0 aliphatic carbocycles. The van der Waals surface area contributed by atoms with Crippen LogP contribution in [-0.2, 0) is 9.53 Å². The Morgan fingerprint density at radius 2 is 1.88 bits per heavy atom. The van der Waals surface area contributed by atoms with E-state index in [4.69, 9.17) is 20.8 Å². The zero-order valence-electron chi connectivity index (χ0n) is 17.4. The number of hydrogen-bond acceptors (Lipinski definition) is 7. The number of nitrogens with zero attached hydrogens (tertiary/aromatic N) is 3. The summed E-state index contributed by atoms with van der Waals surface area (Å²) in [6.07, 6.45) is 0. The standard InChI is InChI=1S/C21H18ClN5O5/c1-10-15-12(3)32-20(17(15)19(29)25-24-10)23-14(28)9-31-21(30)16-11(2)26-27(18(16)22)13-7-5-4-6-8-13/h4-8H,9H2,1-3H3,(H,23,28)(H,25,29). The third-order valence-electron chi connectivity index (χ3n) is 4.79. The lowest BCUT2D eigenvalue weighted by atomic mass is 10.2. The smallest absolute Gasteiger partial charge is 0.343 e. The van der Waals surface area contributed by atoms with Crippen LogP contribution in [-0.4, -0.2) is 38.5 Å². The lowest BCUT2D eigenvalue weighted by Gasteiger charge is -2.06. The first kappa shape index (κ1) is 21.3. The number of anilines is 1. The Kier molecular flexibility index (Phi) is 5.54. The second kappa shape index (κ2) is 8.31. The number of para-hydroxylation sites is 1. The molecule has 0 radical (unpaired) electrons. The Labute approximate surface area is 186 Å². The zero-order chi connectivity index (χ0) is 23.0. The van der Waals surface area contributed by atoms with Gasteiger partial charge in [0.05, 0.1) is 22.5 Å². The number of carbonyl (C=O) groups is 2. The van der Waals surface area contributed by atoms with Crippen LogP contribution in [0.2, 0.25) is 5.15 Å². The third kappa shape index (κ3) is 3.76. The fraction of sp³-hybridized carbons (Fsp3) is 0.190. The molecule has 0 aliphatic heterocycles. The van der Waals surface area contributed by atoms with Crippen LogP contribution in [0, 0.1) is 20.8 Å². The van der Waals surface area contributed by atoms with Gasteiger partial charge >= 0.3 is 5.97 Å². The normalized spacial score (nSPS) is 11.0. The van der Waals surface area contributed by atoms with Crippen LogP contribution in [0.1, 0.15) is 27.5 Å². The molecular weight excluding hydrogens is 438 g/mol. The van der Waals surface area contributed by atoms with Crippen LogP contribution >= 0.6 is 11.6 Å². The van der Waals surface area contributed by atoms with E-state index in [0.717, 1.165) is 0 Å². The molecule has 1 amide bonds. The number of halogens is 1. The van der Waals surface area contributed by atoms with Gasteiger partial charge in [-0.15, -0.1) is 0 Å². The molecule has 10 nitrogen and oxygen atoms in total. The molecule has 4 aromatic rings. The van der Waals surface area contributed by atoms with E-state index in [-0.39, 0.29) is 22.0 Å². The van der Waals surface area contributed by atoms with Crippen molar-refractivity contribution in [3.8, 4) is 5.69 Å². The van der Waals surface area contributed by atoms with Crippen molar-refractivity contribution < 1.29 is 18.7 Å². The van der Waals surface area contributed by atoms with Crippen molar-refractivity contribution in [1.29, 1.82) is 0 Å². The molecular formula is C21H18ClN5O5. The summed E-state index contributed by atoms with van der Waals surface area (Å²) in [6, 6.07) is 9.04. The number of hydrogen-bond donors (Lipinski definition) is 2. The van der Waals surface area contributed by atoms with Gasteiger partial charge in [-0.05, 0) is 32.9 Å². The van der Waals surface area contributed by atoms with Gasteiger partial charge in [0, 0.05) is 0 Å². The van der Waals surface area contributed by atoms with Gasteiger partial charge in [-0.3, -0.25) is 14.9 Å². The van der Waals surface area contributed by atoms with Crippen molar-refractivity contribution in [3.63, 3.8) is 0 Å². The molecule has 0 atom stereocenters. The number of ether oxygens (including phenoxy) is 1. The number of amides is 1. The van der Waals surface area contributed by atoms with E-state index < -0.39 is 24.0 Å². The van der Waals surface area contributed by atoms with Crippen LogP contribution in [0.15, 0.2) is 39.5 Å². The summed E-state index contributed by atoms with van der Waals surface area (Å²) >= 11 is 6.34. The van der Waals surface area contributed by atoms with Gasteiger partial charge in [-0.25, -0.2) is 14.6 Å². The number of esters is 1. The molecule has 2 N–H and O–H groups in total. The van der Waals surface area contributed by atoms with Crippen LogP contribution < -0.4 is 10.9 Å². The van der Waals surface area contributed by atoms with Crippen molar-refractivity contribution in [2.45, 2.75) is 20.8 Å². The maximum Gasteiger partial charge on any atom is 0.343 e. The second-order valence-corrected chi connectivity index (χ2v) is 7.36. The highest BCUT2D eigenvalue weighted by molar-refractivity contribution is 6.33. The molecule has 4 rings (SSSR count). The SMILES string of the molecule is Cc1nn(-c2ccccc2)c(Cl)c1C(=O)OCC(=O)Nc1oc(C)c2c(C)n[nH]c(=O)c12. The summed E-state index contributed by atoms with van der Waals surface area (Å²) in [5.74, 6) is -1.11.